The highest BCUT2D eigenvalue weighted by Gasteiger charge is 2.35. The Morgan fingerprint density at radius 1 is 1.22 bits per heavy atom. The molecule has 0 radical (unpaired) electrons. The molecule has 0 amide bonds. The molecular weight excluding hydrogens is 112 g/mol. The quantitative estimate of drug-likeness (QED) is 0.529. The minimum atomic E-state index is 0.622. The Hall–Kier alpha value is -0.0400. The zero-order valence-electron chi connectivity index (χ0n) is 6.39. The van der Waals surface area contributed by atoms with Gasteiger partial charge in [-0.2, -0.15) is 0 Å². The smallest absolute Gasteiger partial charge is 0.0841 e. The molecule has 9 heavy (non-hydrogen) atoms. The Morgan fingerprint density at radius 3 is 2.44 bits per heavy atom. The first-order valence-corrected chi connectivity index (χ1v) is 4.04. The lowest BCUT2D eigenvalue weighted by molar-refractivity contribution is 0.356. The summed E-state index contributed by atoms with van der Waals surface area (Å²) in [5.41, 5.74) is 0. The van der Waals surface area contributed by atoms with E-state index in [0.29, 0.717) is 12.2 Å². The molecule has 0 aliphatic carbocycles. The normalized spacial score (nSPS) is 32.7. The third-order valence-electron chi connectivity index (χ3n) is 1.93. The summed E-state index contributed by atoms with van der Waals surface area (Å²) in [7, 11) is 0. The first kappa shape index (κ1) is 7.07. The molecule has 1 heteroatoms. The minimum absolute atomic E-state index is 0.622. The van der Waals surface area contributed by atoms with Crippen LogP contribution in [-0.2, 0) is 4.74 Å². The van der Waals surface area contributed by atoms with Crippen molar-refractivity contribution in [1.29, 1.82) is 0 Å². The average Bonchev–Trinajstić information content (AvgIpc) is 2.62. The van der Waals surface area contributed by atoms with Gasteiger partial charge in [0.05, 0.1) is 12.2 Å². The van der Waals surface area contributed by atoms with Crippen molar-refractivity contribution in [3.05, 3.63) is 0 Å². The van der Waals surface area contributed by atoms with E-state index in [1.807, 2.05) is 0 Å². The van der Waals surface area contributed by atoms with E-state index in [9.17, 15) is 0 Å². The minimum Gasteiger partial charge on any atom is -0.370 e. The molecule has 1 nitrogen and oxygen atoms in total. The molecule has 1 heterocycles. The van der Waals surface area contributed by atoms with Crippen molar-refractivity contribution < 1.29 is 4.74 Å². The van der Waals surface area contributed by atoms with Gasteiger partial charge in [0, 0.05) is 0 Å². The maximum absolute atomic E-state index is 5.37. The SMILES string of the molecule is CCCC[C@H]1O[C@@H]1CC. The largest absolute Gasteiger partial charge is 0.370 e. The number of rotatable bonds is 4. The van der Waals surface area contributed by atoms with Crippen molar-refractivity contribution in [2.24, 2.45) is 0 Å². The average molecular weight is 128 g/mol. The van der Waals surface area contributed by atoms with Gasteiger partial charge in [-0.25, -0.2) is 0 Å². The van der Waals surface area contributed by atoms with Crippen LogP contribution >= 0.6 is 0 Å². The van der Waals surface area contributed by atoms with Crippen LogP contribution in [0.3, 0.4) is 0 Å². The molecule has 0 aromatic rings. The van der Waals surface area contributed by atoms with Crippen molar-refractivity contribution in [3.63, 3.8) is 0 Å². The van der Waals surface area contributed by atoms with E-state index < -0.39 is 0 Å². The lowest BCUT2D eigenvalue weighted by atomic mass is 10.1. The Balaban J connectivity index is 1.92. The number of hydrogen-bond donors (Lipinski definition) is 0. The number of epoxide rings is 1. The van der Waals surface area contributed by atoms with Crippen molar-refractivity contribution in [2.45, 2.75) is 51.7 Å². The predicted octanol–water partition coefficient (Wildman–Crippen LogP) is 2.35. The third-order valence-corrected chi connectivity index (χ3v) is 1.93. The zero-order chi connectivity index (χ0) is 6.69. The molecule has 1 rings (SSSR count). The molecule has 0 bridgehead atoms. The van der Waals surface area contributed by atoms with E-state index in [0.717, 1.165) is 0 Å². The third kappa shape index (κ3) is 1.98. The lowest BCUT2D eigenvalue weighted by Gasteiger charge is -1.88. The fourth-order valence-electron chi connectivity index (χ4n) is 1.20. The molecule has 0 aromatic heterocycles. The molecule has 0 unspecified atom stereocenters. The summed E-state index contributed by atoms with van der Waals surface area (Å²) in [4.78, 5) is 0. The second-order valence-electron chi connectivity index (χ2n) is 2.76. The van der Waals surface area contributed by atoms with Crippen LogP contribution in [-0.4, -0.2) is 12.2 Å². The zero-order valence-corrected chi connectivity index (χ0v) is 6.39. The molecular formula is C8H16O. The van der Waals surface area contributed by atoms with Crippen LogP contribution in [0.2, 0.25) is 0 Å². The molecule has 1 aliphatic rings. The second-order valence-corrected chi connectivity index (χ2v) is 2.76. The Morgan fingerprint density at radius 2 is 2.00 bits per heavy atom. The van der Waals surface area contributed by atoms with Crippen LogP contribution in [0.25, 0.3) is 0 Å². The van der Waals surface area contributed by atoms with Gasteiger partial charge < -0.3 is 4.74 Å². The van der Waals surface area contributed by atoms with E-state index in [2.05, 4.69) is 13.8 Å². The molecule has 0 N–H and O–H groups in total. The fourth-order valence-corrected chi connectivity index (χ4v) is 1.20. The summed E-state index contributed by atoms with van der Waals surface area (Å²) in [6.45, 7) is 4.42. The number of unbranched alkanes of at least 4 members (excludes halogenated alkanes) is 1. The fraction of sp³-hybridized carbons (Fsp3) is 1.00. The van der Waals surface area contributed by atoms with Gasteiger partial charge in [-0.1, -0.05) is 26.7 Å². The summed E-state index contributed by atoms with van der Waals surface area (Å²) in [6.07, 6.45) is 6.38. The van der Waals surface area contributed by atoms with Gasteiger partial charge in [-0.3, -0.25) is 0 Å². The predicted molar refractivity (Wildman–Crippen MR) is 38.5 cm³/mol. The van der Waals surface area contributed by atoms with E-state index in [4.69, 9.17) is 4.74 Å². The van der Waals surface area contributed by atoms with Gasteiger partial charge >= 0.3 is 0 Å². The Kier molecular flexibility index (Phi) is 2.52. The summed E-state index contributed by atoms with van der Waals surface area (Å²) >= 11 is 0. The highest BCUT2D eigenvalue weighted by atomic mass is 16.6. The Labute approximate surface area is 57.4 Å². The Bertz CT molecular complexity index is 80.6. The monoisotopic (exact) mass is 128 g/mol. The van der Waals surface area contributed by atoms with E-state index in [-0.39, 0.29) is 0 Å². The highest BCUT2D eigenvalue weighted by Crippen LogP contribution is 2.29. The van der Waals surface area contributed by atoms with E-state index in [1.165, 1.54) is 25.7 Å². The van der Waals surface area contributed by atoms with Crippen LogP contribution in [0.1, 0.15) is 39.5 Å². The molecule has 1 fully saturated rings. The van der Waals surface area contributed by atoms with Gasteiger partial charge in [0.15, 0.2) is 0 Å². The molecule has 2 atom stereocenters. The van der Waals surface area contributed by atoms with Gasteiger partial charge in [-0.15, -0.1) is 0 Å². The number of hydrogen-bond acceptors (Lipinski definition) is 1. The van der Waals surface area contributed by atoms with Crippen LogP contribution in [0.4, 0.5) is 0 Å². The second kappa shape index (κ2) is 3.21. The molecule has 54 valence electrons. The van der Waals surface area contributed by atoms with Gasteiger partial charge in [0.1, 0.15) is 0 Å². The first-order valence-electron chi connectivity index (χ1n) is 4.04. The lowest BCUT2D eigenvalue weighted by Crippen LogP contribution is -1.90. The van der Waals surface area contributed by atoms with Gasteiger partial charge in [-0.05, 0) is 12.8 Å². The van der Waals surface area contributed by atoms with Crippen LogP contribution < -0.4 is 0 Å². The number of ether oxygens (including phenoxy) is 1. The van der Waals surface area contributed by atoms with Crippen molar-refractivity contribution in [2.75, 3.05) is 0 Å². The van der Waals surface area contributed by atoms with Crippen LogP contribution in [0.15, 0.2) is 0 Å². The molecule has 0 aromatic carbocycles. The summed E-state index contributed by atoms with van der Waals surface area (Å²) in [6, 6.07) is 0. The summed E-state index contributed by atoms with van der Waals surface area (Å²) < 4.78 is 5.37. The maximum Gasteiger partial charge on any atom is 0.0841 e. The maximum atomic E-state index is 5.37. The molecule has 1 aliphatic heterocycles. The summed E-state index contributed by atoms with van der Waals surface area (Å²) in [5.74, 6) is 0. The van der Waals surface area contributed by atoms with Gasteiger partial charge in [0.25, 0.3) is 0 Å². The topological polar surface area (TPSA) is 12.5 Å². The van der Waals surface area contributed by atoms with Crippen LogP contribution in [0.5, 0.6) is 0 Å². The van der Waals surface area contributed by atoms with Crippen molar-refractivity contribution in [1.82, 2.24) is 0 Å². The van der Waals surface area contributed by atoms with Gasteiger partial charge in [0.2, 0.25) is 0 Å². The van der Waals surface area contributed by atoms with Crippen molar-refractivity contribution in [3.8, 4) is 0 Å². The molecule has 1 saturated heterocycles. The van der Waals surface area contributed by atoms with E-state index in [1.54, 1.807) is 0 Å². The highest BCUT2D eigenvalue weighted by molar-refractivity contribution is 4.82. The van der Waals surface area contributed by atoms with Crippen LogP contribution in [0, 0.1) is 0 Å². The standard InChI is InChI=1S/C8H16O/c1-3-5-6-8-7(4-2)9-8/h7-8H,3-6H2,1-2H3/t7-,8-/m1/s1. The summed E-state index contributed by atoms with van der Waals surface area (Å²) in [5, 5.41) is 0. The molecule has 0 saturated carbocycles. The van der Waals surface area contributed by atoms with Crippen molar-refractivity contribution >= 4 is 0 Å². The van der Waals surface area contributed by atoms with E-state index >= 15 is 0 Å². The first-order chi connectivity index (χ1) is 4.38. The molecule has 0 spiro atoms.